The van der Waals surface area contributed by atoms with Crippen LogP contribution in [0.15, 0.2) is 35.1 Å². The minimum absolute atomic E-state index is 0.598. The van der Waals surface area contributed by atoms with Crippen LogP contribution in [0.4, 0.5) is 5.69 Å². The van der Waals surface area contributed by atoms with Gasteiger partial charge in [0, 0.05) is 17.3 Å². The highest BCUT2D eigenvalue weighted by atomic mass is 16.3. The zero-order valence-electron chi connectivity index (χ0n) is 7.27. The van der Waals surface area contributed by atoms with Gasteiger partial charge in [-0.2, -0.15) is 0 Å². The highest BCUT2D eigenvalue weighted by molar-refractivity contribution is 6.04. The number of furan rings is 1. The molecule has 0 aliphatic heterocycles. The Morgan fingerprint density at radius 2 is 2.14 bits per heavy atom. The number of fused-ring (bicyclic) bond motifs is 3. The lowest BCUT2D eigenvalue weighted by molar-refractivity contribution is 0.653. The molecule has 0 atom stereocenters. The van der Waals surface area contributed by atoms with Gasteiger partial charge in [-0.05, 0) is 18.2 Å². The van der Waals surface area contributed by atoms with Gasteiger partial charge in [0.1, 0.15) is 11.9 Å². The first-order valence-electron chi connectivity index (χ1n) is 4.22. The number of nitrogen functional groups attached to an aromatic ring is 1. The second-order valence-corrected chi connectivity index (χ2v) is 3.10. The number of hydrogen-bond acceptors (Lipinski definition) is 4. The third-order valence-corrected chi connectivity index (χ3v) is 2.18. The summed E-state index contributed by atoms with van der Waals surface area (Å²) in [5.74, 6) is 0. The van der Waals surface area contributed by atoms with Gasteiger partial charge in [0.2, 0.25) is 5.71 Å². The summed E-state index contributed by atoms with van der Waals surface area (Å²) < 4.78 is 5.50. The average molecular weight is 185 g/mol. The van der Waals surface area contributed by atoms with Crippen molar-refractivity contribution in [1.82, 2.24) is 9.97 Å². The van der Waals surface area contributed by atoms with E-state index in [1.807, 2.05) is 12.1 Å². The highest BCUT2D eigenvalue weighted by Crippen LogP contribution is 2.27. The molecule has 2 aromatic heterocycles. The third-order valence-electron chi connectivity index (χ3n) is 2.18. The number of nitrogens with zero attached hydrogens (tertiary/aromatic N) is 2. The van der Waals surface area contributed by atoms with E-state index in [0.29, 0.717) is 11.4 Å². The Kier molecular flexibility index (Phi) is 1.28. The van der Waals surface area contributed by atoms with Gasteiger partial charge in [-0.3, -0.25) is 0 Å². The molecule has 0 saturated carbocycles. The second kappa shape index (κ2) is 2.45. The van der Waals surface area contributed by atoms with Crippen molar-refractivity contribution < 1.29 is 4.42 Å². The molecule has 0 saturated heterocycles. The number of nitrogens with two attached hydrogens (primary N) is 1. The lowest BCUT2D eigenvalue weighted by Gasteiger charge is -1.90. The van der Waals surface area contributed by atoms with E-state index in [2.05, 4.69) is 9.97 Å². The maximum absolute atomic E-state index is 5.69. The van der Waals surface area contributed by atoms with Gasteiger partial charge in [-0.1, -0.05) is 0 Å². The molecule has 3 aromatic rings. The smallest absolute Gasteiger partial charge is 0.230 e. The van der Waals surface area contributed by atoms with Gasteiger partial charge >= 0.3 is 0 Å². The van der Waals surface area contributed by atoms with Gasteiger partial charge in [0.25, 0.3) is 0 Å². The fourth-order valence-corrected chi connectivity index (χ4v) is 1.54. The largest absolute Gasteiger partial charge is 0.438 e. The number of hydrogen-bond donors (Lipinski definition) is 1. The van der Waals surface area contributed by atoms with E-state index in [1.165, 1.54) is 6.33 Å². The first kappa shape index (κ1) is 7.32. The third kappa shape index (κ3) is 0.877. The topological polar surface area (TPSA) is 64.9 Å². The van der Waals surface area contributed by atoms with Gasteiger partial charge in [-0.25, -0.2) is 9.97 Å². The molecule has 0 aliphatic carbocycles. The van der Waals surface area contributed by atoms with Crippen LogP contribution in [0.25, 0.3) is 22.1 Å². The molecule has 68 valence electrons. The predicted molar refractivity (Wildman–Crippen MR) is 53.7 cm³/mol. The Morgan fingerprint density at radius 1 is 1.21 bits per heavy atom. The highest BCUT2D eigenvalue weighted by Gasteiger charge is 2.06. The molecule has 4 nitrogen and oxygen atoms in total. The molecule has 0 amide bonds. The summed E-state index contributed by atoms with van der Waals surface area (Å²) in [5.41, 5.74) is 7.79. The average Bonchev–Trinajstić information content (AvgIpc) is 2.56. The fraction of sp³-hybridized carbons (Fsp3) is 0. The number of aromatic nitrogens is 2. The summed E-state index contributed by atoms with van der Waals surface area (Å²) in [7, 11) is 0. The van der Waals surface area contributed by atoms with Gasteiger partial charge < -0.3 is 10.2 Å². The first-order chi connectivity index (χ1) is 6.84. The predicted octanol–water partition coefficient (Wildman–Crippen LogP) is 1.96. The van der Waals surface area contributed by atoms with Crippen LogP contribution in [0.1, 0.15) is 0 Å². The van der Waals surface area contributed by atoms with Crippen molar-refractivity contribution in [1.29, 1.82) is 0 Å². The van der Waals surface area contributed by atoms with Crippen LogP contribution in [0.5, 0.6) is 0 Å². The molecule has 4 heteroatoms. The summed E-state index contributed by atoms with van der Waals surface area (Å²) in [4.78, 5) is 7.98. The van der Waals surface area contributed by atoms with Crippen molar-refractivity contribution in [2.75, 3.05) is 5.73 Å². The van der Waals surface area contributed by atoms with E-state index in [4.69, 9.17) is 10.2 Å². The van der Waals surface area contributed by atoms with Crippen LogP contribution >= 0.6 is 0 Å². The summed E-state index contributed by atoms with van der Waals surface area (Å²) >= 11 is 0. The van der Waals surface area contributed by atoms with E-state index in [-0.39, 0.29) is 0 Å². The van der Waals surface area contributed by atoms with Gasteiger partial charge in [0.05, 0.1) is 5.39 Å². The molecule has 0 aliphatic rings. The van der Waals surface area contributed by atoms with E-state index in [0.717, 1.165) is 16.4 Å². The van der Waals surface area contributed by atoms with Crippen molar-refractivity contribution in [3.8, 4) is 0 Å². The van der Waals surface area contributed by atoms with Crippen LogP contribution in [-0.2, 0) is 0 Å². The molecule has 2 N–H and O–H groups in total. The van der Waals surface area contributed by atoms with Crippen LogP contribution < -0.4 is 5.73 Å². The zero-order chi connectivity index (χ0) is 9.54. The molecule has 0 bridgehead atoms. The molecule has 0 unspecified atom stereocenters. The van der Waals surface area contributed by atoms with Crippen molar-refractivity contribution in [2.24, 2.45) is 0 Å². The summed E-state index contributed by atoms with van der Waals surface area (Å²) in [6, 6.07) is 5.51. The lowest BCUT2D eigenvalue weighted by Crippen LogP contribution is -1.81. The van der Waals surface area contributed by atoms with E-state index < -0.39 is 0 Å². The number of benzene rings is 1. The Balaban J connectivity index is 2.58. The maximum atomic E-state index is 5.69. The molecular weight excluding hydrogens is 178 g/mol. The van der Waals surface area contributed by atoms with Crippen LogP contribution in [0.2, 0.25) is 0 Å². The normalized spacial score (nSPS) is 11.1. The van der Waals surface area contributed by atoms with E-state index >= 15 is 0 Å². The van der Waals surface area contributed by atoms with Crippen LogP contribution in [-0.4, -0.2) is 9.97 Å². The Hall–Kier alpha value is -2.10. The Morgan fingerprint density at radius 3 is 3.07 bits per heavy atom. The molecule has 14 heavy (non-hydrogen) atoms. The Labute approximate surface area is 79.4 Å². The molecular formula is C10H7N3O. The molecule has 2 heterocycles. The zero-order valence-corrected chi connectivity index (χ0v) is 7.27. The summed E-state index contributed by atoms with van der Waals surface area (Å²) in [6.07, 6.45) is 3.20. The summed E-state index contributed by atoms with van der Waals surface area (Å²) in [6.45, 7) is 0. The van der Waals surface area contributed by atoms with Crippen molar-refractivity contribution in [2.45, 2.75) is 0 Å². The monoisotopic (exact) mass is 185 g/mol. The quantitative estimate of drug-likeness (QED) is 0.543. The molecule has 0 spiro atoms. The van der Waals surface area contributed by atoms with Crippen molar-refractivity contribution in [3.63, 3.8) is 0 Å². The Bertz CT molecular complexity index is 615. The fourth-order valence-electron chi connectivity index (χ4n) is 1.54. The maximum Gasteiger partial charge on any atom is 0.230 e. The first-order valence-corrected chi connectivity index (χ1v) is 4.22. The number of anilines is 1. The molecule has 0 fully saturated rings. The minimum atomic E-state index is 0.598. The van der Waals surface area contributed by atoms with Gasteiger partial charge in [0.15, 0.2) is 0 Å². The standard InChI is InChI=1S/C10H7N3O/c11-6-1-2-9-7(3-6)8-4-12-5-13-10(8)14-9/h1-5H,11H2. The molecule has 0 radical (unpaired) electrons. The van der Waals surface area contributed by atoms with Gasteiger partial charge in [-0.15, -0.1) is 0 Å². The van der Waals surface area contributed by atoms with Crippen molar-refractivity contribution >= 4 is 27.8 Å². The molecule has 3 rings (SSSR count). The summed E-state index contributed by atoms with van der Waals surface area (Å²) in [5, 5.41) is 1.86. The minimum Gasteiger partial charge on any atom is -0.438 e. The second-order valence-electron chi connectivity index (χ2n) is 3.10. The van der Waals surface area contributed by atoms with Crippen LogP contribution in [0, 0.1) is 0 Å². The van der Waals surface area contributed by atoms with Crippen LogP contribution in [0.3, 0.4) is 0 Å². The van der Waals surface area contributed by atoms with Crippen molar-refractivity contribution in [3.05, 3.63) is 30.7 Å². The van der Waals surface area contributed by atoms with E-state index in [1.54, 1.807) is 12.3 Å². The molecule has 1 aromatic carbocycles. The lowest BCUT2D eigenvalue weighted by atomic mass is 10.2. The van der Waals surface area contributed by atoms with E-state index in [9.17, 15) is 0 Å². The number of rotatable bonds is 0. The SMILES string of the molecule is Nc1ccc2oc3ncncc3c2c1.